The highest BCUT2D eigenvalue weighted by Crippen LogP contribution is 2.03. The number of hydrogen-bond donors (Lipinski definition) is 5. The fourth-order valence-electron chi connectivity index (χ4n) is 2.47. The van der Waals surface area contributed by atoms with Crippen molar-refractivity contribution in [3.8, 4) is 0 Å². The lowest BCUT2D eigenvalue weighted by Gasteiger charge is -2.20. The van der Waals surface area contributed by atoms with Crippen LogP contribution in [0.5, 0.6) is 0 Å². The molecule has 7 heteroatoms. The summed E-state index contributed by atoms with van der Waals surface area (Å²) in [6.45, 7) is 3.29. The predicted octanol–water partition coefficient (Wildman–Crippen LogP) is 4.45. The van der Waals surface area contributed by atoms with Crippen LogP contribution in [0.25, 0.3) is 0 Å². The van der Waals surface area contributed by atoms with E-state index in [0.717, 1.165) is 51.4 Å². The van der Waals surface area contributed by atoms with Crippen molar-refractivity contribution in [2.24, 2.45) is 5.73 Å². The van der Waals surface area contributed by atoms with E-state index in [2.05, 4.69) is 67.7 Å². The Bertz CT molecular complexity index is 613. The van der Waals surface area contributed by atoms with E-state index in [0.29, 0.717) is 13.0 Å². The zero-order valence-electron chi connectivity index (χ0n) is 21.7. The smallest absolute Gasteiger partial charge is 0.332 e. The number of carboxylic acid groups (broad SMARTS) is 1. The number of aliphatic hydroxyl groups excluding tert-OH is 3. The van der Waals surface area contributed by atoms with Gasteiger partial charge in [0.1, 0.15) is 0 Å². The minimum absolute atomic E-state index is 0.403. The van der Waals surface area contributed by atoms with E-state index >= 15 is 0 Å². The molecule has 0 spiro atoms. The fraction of sp³-hybridized carbons (Fsp3) is 0.607. The van der Waals surface area contributed by atoms with Crippen LogP contribution in [0.3, 0.4) is 0 Å². The number of hydrogen-bond acceptors (Lipinski definition) is 6. The van der Waals surface area contributed by atoms with Gasteiger partial charge in [0.15, 0.2) is 6.10 Å². The largest absolute Gasteiger partial charge is 0.479 e. The van der Waals surface area contributed by atoms with Crippen LogP contribution in [0.1, 0.15) is 71.6 Å². The number of carboxylic acids is 1. The average molecular weight is 496 g/mol. The number of rotatable bonds is 20. The Hall–Kier alpha value is -2.03. The van der Waals surface area contributed by atoms with Crippen molar-refractivity contribution < 1.29 is 30.0 Å². The second kappa shape index (κ2) is 26.6. The van der Waals surface area contributed by atoms with Crippen molar-refractivity contribution in [1.29, 1.82) is 0 Å². The molecule has 0 aliphatic carbocycles. The van der Waals surface area contributed by atoms with E-state index in [1.807, 2.05) is 6.92 Å². The van der Waals surface area contributed by atoms with Gasteiger partial charge in [-0.1, -0.05) is 74.6 Å². The highest BCUT2D eigenvalue weighted by molar-refractivity contribution is 5.72. The summed E-state index contributed by atoms with van der Waals surface area (Å²) in [5, 5.41) is 33.9. The number of unbranched alkanes of at least 4 members (excludes halogenated alkanes) is 2. The molecule has 0 aromatic carbocycles. The van der Waals surface area contributed by atoms with Crippen LogP contribution in [0, 0.1) is 0 Å². The van der Waals surface area contributed by atoms with Crippen LogP contribution in [0.15, 0.2) is 60.8 Å². The monoisotopic (exact) mass is 495 g/mol. The van der Waals surface area contributed by atoms with E-state index in [9.17, 15) is 4.79 Å². The third-order valence-corrected chi connectivity index (χ3v) is 4.83. The minimum Gasteiger partial charge on any atom is -0.479 e. The molecule has 0 heterocycles. The first-order chi connectivity index (χ1) is 16.9. The summed E-state index contributed by atoms with van der Waals surface area (Å²) < 4.78 is 5.33. The van der Waals surface area contributed by atoms with Crippen molar-refractivity contribution in [1.82, 2.24) is 0 Å². The Morgan fingerprint density at radius 3 is 1.54 bits per heavy atom. The molecule has 0 fully saturated rings. The Morgan fingerprint density at radius 2 is 1.20 bits per heavy atom. The highest BCUT2D eigenvalue weighted by Gasteiger charge is 2.20. The van der Waals surface area contributed by atoms with Gasteiger partial charge in [0.25, 0.3) is 0 Å². The normalized spacial score (nSPS) is 13.4. The van der Waals surface area contributed by atoms with Crippen LogP contribution in [0.2, 0.25) is 0 Å². The van der Waals surface area contributed by atoms with Crippen LogP contribution in [-0.2, 0) is 9.53 Å². The maximum absolute atomic E-state index is 10.8. The third-order valence-electron chi connectivity index (χ3n) is 4.83. The molecule has 0 amide bonds. The van der Waals surface area contributed by atoms with Crippen LogP contribution < -0.4 is 5.73 Å². The molecule has 1 unspecified atom stereocenters. The number of nitrogens with two attached hydrogens (primary N) is 1. The van der Waals surface area contributed by atoms with Gasteiger partial charge in [-0.3, -0.25) is 0 Å². The molecule has 0 aliphatic heterocycles. The van der Waals surface area contributed by atoms with Gasteiger partial charge in [-0.15, -0.1) is 0 Å². The summed E-state index contributed by atoms with van der Waals surface area (Å²) in [4.78, 5) is 10.8. The summed E-state index contributed by atoms with van der Waals surface area (Å²) in [6.07, 6.45) is 29.9. The average Bonchev–Trinajstić information content (AvgIpc) is 2.87. The fourth-order valence-corrected chi connectivity index (χ4v) is 2.47. The first kappa shape index (κ1) is 35.1. The Labute approximate surface area is 212 Å². The quantitative estimate of drug-likeness (QED) is 0.124. The standard InChI is InChI=1S/C24H38O3.C4H11NO3/c1-3-5-6-7-8-9-10-11-12-13-14-15-16-17-18-19-20-21-22-27-23(4-2)24(25)26;5-4(1-6,2-7)3-8/h5-6,8-9,11-12,14-15,17-18,23H,3-4,7,10,13,16,19-22H2,1-2H3,(H,25,26);6-8H,1-3,5H2/b6-5-,9-8-,12-11-,15-14-,18-17-;. The van der Waals surface area contributed by atoms with Crippen molar-refractivity contribution in [2.45, 2.75) is 83.3 Å². The number of aliphatic hydroxyl groups is 3. The molecule has 0 saturated carbocycles. The third kappa shape index (κ3) is 24.9. The lowest BCUT2D eigenvalue weighted by atomic mass is 10.1. The van der Waals surface area contributed by atoms with Gasteiger partial charge >= 0.3 is 5.97 Å². The Kier molecular flexibility index (Phi) is 26.7. The lowest BCUT2D eigenvalue weighted by Crippen LogP contribution is -2.50. The summed E-state index contributed by atoms with van der Waals surface area (Å²) in [5.41, 5.74) is 3.94. The molecule has 1 atom stereocenters. The van der Waals surface area contributed by atoms with Crippen molar-refractivity contribution in [3.63, 3.8) is 0 Å². The minimum atomic E-state index is -1.21. The van der Waals surface area contributed by atoms with Crippen molar-refractivity contribution >= 4 is 5.97 Å². The second-order valence-electron chi connectivity index (χ2n) is 8.15. The van der Waals surface area contributed by atoms with E-state index < -0.39 is 37.4 Å². The van der Waals surface area contributed by atoms with E-state index in [4.69, 9.17) is 30.9 Å². The molecule has 7 nitrogen and oxygen atoms in total. The zero-order chi connectivity index (χ0) is 26.6. The molecule has 6 N–H and O–H groups in total. The first-order valence-electron chi connectivity index (χ1n) is 12.6. The Morgan fingerprint density at radius 1 is 0.771 bits per heavy atom. The molecular formula is C28H49NO6. The van der Waals surface area contributed by atoms with E-state index in [1.54, 1.807) is 0 Å². The van der Waals surface area contributed by atoms with Crippen molar-refractivity contribution in [2.75, 3.05) is 26.4 Å². The van der Waals surface area contributed by atoms with Gasteiger partial charge in [0.2, 0.25) is 0 Å². The SMILES string of the molecule is CC/C=C\C/C=C\C/C=C\C/C=C\C/C=C\CCCCOC(CC)C(=O)O.NC(CO)(CO)CO. The Balaban J connectivity index is 0. The summed E-state index contributed by atoms with van der Waals surface area (Å²) >= 11 is 0. The number of aliphatic carboxylic acids is 1. The highest BCUT2D eigenvalue weighted by atomic mass is 16.5. The molecule has 0 aromatic rings. The van der Waals surface area contributed by atoms with Gasteiger partial charge in [-0.05, 0) is 57.8 Å². The number of carbonyl (C=O) groups is 1. The summed E-state index contributed by atoms with van der Waals surface area (Å²) in [5.74, 6) is -0.865. The topological polar surface area (TPSA) is 133 Å². The maximum Gasteiger partial charge on any atom is 0.332 e. The van der Waals surface area contributed by atoms with Crippen LogP contribution in [0.4, 0.5) is 0 Å². The van der Waals surface area contributed by atoms with Crippen LogP contribution >= 0.6 is 0 Å². The summed E-state index contributed by atoms with van der Waals surface area (Å²) in [6, 6.07) is 0. The molecule has 0 saturated heterocycles. The van der Waals surface area contributed by atoms with Gasteiger partial charge in [-0.2, -0.15) is 0 Å². The molecule has 0 aromatic heterocycles. The van der Waals surface area contributed by atoms with Gasteiger partial charge in [0.05, 0.1) is 25.4 Å². The molecular weight excluding hydrogens is 446 g/mol. The van der Waals surface area contributed by atoms with Crippen LogP contribution in [-0.4, -0.2) is 64.5 Å². The molecule has 202 valence electrons. The maximum atomic E-state index is 10.8. The summed E-state index contributed by atoms with van der Waals surface area (Å²) in [7, 11) is 0. The van der Waals surface area contributed by atoms with E-state index in [1.165, 1.54) is 0 Å². The lowest BCUT2D eigenvalue weighted by molar-refractivity contribution is -0.150. The molecule has 0 bridgehead atoms. The number of allylic oxidation sites excluding steroid dienone is 10. The van der Waals surface area contributed by atoms with Crippen molar-refractivity contribution in [3.05, 3.63) is 60.8 Å². The molecule has 0 radical (unpaired) electrons. The predicted molar refractivity (Wildman–Crippen MR) is 144 cm³/mol. The zero-order valence-corrected chi connectivity index (χ0v) is 21.7. The van der Waals surface area contributed by atoms with Gasteiger partial charge in [0, 0.05) is 6.61 Å². The molecule has 0 rings (SSSR count). The molecule has 35 heavy (non-hydrogen) atoms. The second-order valence-corrected chi connectivity index (χ2v) is 8.15. The number of ether oxygens (including phenoxy) is 1. The van der Waals surface area contributed by atoms with Gasteiger partial charge in [-0.25, -0.2) is 4.79 Å². The molecule has 0 aliphatic rings. The van der Waals surface area contributed by atoms with Gasteiger partial charge < -0.3 is 30.9 Å². The first-order valence-corrected chi connectivity index (χ1v) is 12.6. The van der Waals surface area contributed by atoms with E-state index in [-0.39, 0.29) is 0 Å².